The Hall–Kier alpha value is -1.75. The van der Waals surface area contributed by atoms with Crippen LogP contribution in [0.2, 0.25) is 5.02 Å². The van der Waals surface area contributed by atoms with Crippen molar-refractivity contribution in [2.24, 2.45) is 5.92 Å². The molecule has 1 amide bonds. The van der Waals surface area contributed by atoms with Crippen LogP contribution in [0, 0.1) is 5.92 Å². The van der Waals surface area contributed by atoms with Crippen molar-refractivity contribution < 1.29 is 19.4 Å². The van der Waals surface area contributed by atoms with Crippen LogP contribution in [0.4, 0.5) is 0 Å². The van der Waals surface area contributed by atoms with Crippen molar-refractivity contribution in [2.75, 3.05) is 6.61 Å². The predicted octanol–water partition coefficient (Wildman–Crippen LogP) is 1.61. The van der Waals surface area contributed by atoms with Gasteiger partial charge in [0, 0.05) is 23.6 Å². The number of hydrogen-bond acceptors (Lipinski definition) is 3. The number of carbonyl (C=O) groups excluding carboxylic acids is 1. The fourth-order valence-electron chi connectivity index (χ4n) is 1.92. The van der Waals surface area contributed by atoms with Crippen molar-refractivity contribution in [1.29, 1.82) is 0 Å². The monoisotopic (exact) mass is 283 g/mol. The average molecular weight is 284 g/mol. The number of carboxylic acids is 1. The number of benzene rings is 1. The Labute approximate surface area is 115 Å². The molecule has 1 aliphatic rings. The molecule has 1 aromatic rings. The molecule has 102 valence electrons. The molecular formula is C13H14ClNO4. The van der Waals surface area contributed by atoms with Crippen LogP contribution in [-0.4, -0.2) is 23.6 Å². The number of hydrogen-bond donors (Lipinski definition) is 2. The molecule has 0 radical (unpaired) electrons. The average Bonchev–Trinajstić information content (AvgIpc) is 2.82. The van der Waals surface area contributed by atoms with Crippen molar-refractivity contribution >= 4 is 23.5 Å². The van der Waals surface area contributed by atoms with E-state index in [2.05, 4.69) is 5.32 Å². The van der Waals surface area contributed by atoms with E-state index in [9.17, 15) is 9.59 Å². The lowest BCUT2D eigenvalue weighted by Crippen LogP contribution is -2.33. The molecule has 5 nitrogen and oxygen atoms in total. The molecule has 1 unspecified atom stereocenters. The minimum absolute atomic E-state index is 0.208. The number of amides is 1. The number of aliphatic carboxylic acids is 1. The highest BCUT2D eigenvalue weighted by Crippen LogP contribution is 2.32. The Bertz CT molecular complexity index is 530. The van der Waals surface area contributed by atoms with E-state index >= 15 is 0 Å². The quantitative estimate of drug-likeness (QED) is 0.823. The van der Waals surface area contributed by atoms with E-state index < -0.39 is 17.8 Å². The van der Waals surface area contributed by atoms with Crippen LogP contribution in [0.5, 0.6) is 5.75 Å². The summed E-state index contributed by atoms with van der Waals surface area (Å²) in [6, 6.07) is 3.56. The van der Waals surface area contributed by atoms with Crippen LogP contribution in [0.1, 0.15) is 18.1 Å². The molecule has 2 rings (SSSR count). The second-order valence-corrected chi connectivity index (χ2v) is 4.87. The maximum absolute atomic E-state index is 11.6. The van der Waals surface area contributed by atoms with Gasteiger partial charge in [-0.1, -0.05) is 11.6 Å². The number of halogens is 1. The summed E-state index contributed by atoms with van der Waals surface area (Å²) in [4.78, 5) is 22.3. The number of ether oxygens (including phenoxy) is 1. The lowest BCUT2D eigenvalue weighted by atomic mass is 10.1. The Kier molecular flexibility index (Phi) is 3.95. The van der Waals surface area contributed by atoms with Gasteiger partial charge in [0.15, 0.2) is 0 Å². The molecule has 0 saturated carbocycles. The first kappa shape index (κ1) is 13.7. The molecule has 2 N–H and O–H groups in total. The highest BCUT2D eigenvalue weighted by Gasteiger charge is 2.22. The van der Waals surface area contributed by atoms with E-state index in [-0.39, 0.29) is 6.54 Å². The number of carboxylic acid groups (broad SMARTS) is 1. The second kappa shape index (κ2) is 5.48. The van der Waals surface area contributed by atoms with Gasteiger partial charge in [0.25, 0.3) is 0 Å². The number of nitrogens with one attached hydrogen (secondary N) is 1. The molecule has 0 fully saturated rings. The third kappa shape index (κ3) is 2.98. The Morgan fingerprint density at radius 2 is 2.26 bits per heavy atom. The van der Waals surface area contributed by atoms with E-state index in [0.29, 0.717) is 11.6 Å². The summed E-state index contributed by atoms with van der Waals surface area (Å²) in [5.41, 5.74) is 1.79. The molecule has 1 aliphatic heterocycles. The summed E-state index contributed by atoms with van der Waals surface area (Å²) in [6.07, 6.45) is 0.794. The van der Waals surface area contributed by atoms with Gasteiger partial charge in [0.1, 0.15) is 11.7 Å². The zero-order valence-corrected chi connectivity index (χ0v) is 11.2. The second-order valence-electron chi connectivity index (χ2n) is 4.43. The van der Waals surface area contributed by atoms with Gasteiger partial charge in [-0.15, -0.1) is 0 Å². The first-order chi connectivity index (χ1) is 8.99. The van der Waals surface area contributed by atoms with Gasteiger partial charge in [-0.25, -0.2) is 0 Å². The van der Waals surface area contributed by atoms with E-state index in [4.69, 9.17) is 21.4 Å². The molecule has 0 bridgehead atoms. The zero-order chi connectivity index (χ0) is 14.0. The Morgan fingerprint density at radius 3 is 2.95 bits per heavy atom. The molecule has 0 saturated heterocycles. The molecule has 1 heterocycles. The van der Waals surface area contributed by atoms with Crippen molar-refractivity contribution in [3.8, 4) is 5.75 Å². The number of fused-ring (bicyclic) bond motifs is 1. The summed E-state index contributed by atoms with van der Waals surface area (Å²) in [6.45, 7) is 2.15. The lowest BCUT2D eigenvalue weighted by Gasteiger charge is -2.11. The fourth-order valence-corrected chi connectivity index (χ4v) is 2.19. The molecule has 19 heavy (non-hydrogen) atoms. The lowest BCUT2D eigenvalue weighted by molar-refractivity contribution is -0.146. The molecule has 1 atom stereocenters. The van der Waals surface area contributed by atoms with Gasteiger partial charge < -0.3 is 15.2 Å². The highest BCUT2D eigenvalue weighted by molar-refractivity contribution is 6.30. The maximum atomic E-state index is 11.6. The summed E-state index contributed by atoms with van der Waals surface area (Å²) in [5, 5.41) is 11.9. The van der Waals surface area contributed by atoms with Crippen LogP contribution in [0.25, 0.3) is 0 Å². The predicted molar refractivity (Wildman–Crippen MR) is 69.3 cm³/mol. The van der Waals surface area contributed by atoms with Crippen molar-refractivity contribution in [3.63, 3.8) is 0 Å². The first-order valence-corrected chi connectivity index (χ1v) is 6.31. The number of carbonyl (C=O) groups is 2. The fraction of sp³-hybridized carbons (Fsp3) is 0.385. The van der Waals surface area contributed by atoms with Gasteiger partial charge in [-0.2, -0.15) is 0 Å². The largest absolute Gasteiger partial charge is 0.493 e. The molecule has 0 aliphatic carbocycles. The van der Waals surface area contributed by atoms with Crippen LogP contribution < -0.4 is 10.1 Å². The maximum Gasteiger partial charge on any atom is 0.315 e. The van der Waals surface area contributed by atoms with E-state index in [1.165, 1.54) is 6.92 Å². The smallest absolute Gasteiger partial charge is 0.315 e. The minimum atomic E-state index is -1.15. The highest BCUT2D eigenvalue weighted by atomic mass is 35.5. The van der Waals surface area contributed by atoms with Crippen LogP contribution in [0.15, 0.2) is 12.1 Å². The molecular weight excluding hydrogens is 270 g/mol. The summed E-state index contributed by atoms with van der Waals surface area (Å²) in [5.74, 6) is -2.01. The molecule has 0 spiro atoms. The van der Waals surface area contributed by atoms with Gasteiger partial charge >= 0.3 is 5.97 Å². The summed E-state index contributed by atoms with van der Waals surface area (Å²) in [7, 11) is 0. The topological polar surface area (TPSA) is 75.6 Å². The third-order valence-electron chi connectivity index (χ3n) is 3.04. The standard InChI is InChI=1S/C13H14ClNO4/c1-7(13(17)18)12(16)15-6-9-5-10(14)4-8-2-3-19-11(8)9/h4-5,7H,2-3,6H2,1H3,(H,15,16)(H,17,18). The van der Waals surface area contributed by atoms with Crippen LogP contribution in [0.3, 0.4) is 0 Å². The summed E-state index contributed by atoms with van der Waals surface area (Å²) < 4.78 is 5.50. The van der Waals surface area contributed by atoms with Gasteiger partial charge in [-0.3, -0.25) is 9.59 Å². The minimum Gasteiger partial charge on any atom is -0.493 e. The normalized spacial score (nSPS) is 14.4. The van der Waals surface area contributed by atoms with E-state index in [1.807, 2.05) is 6.07 Å². The zero-order valence-electron chi connectivity index (χ0n) is 10.4. The van der Waals surface area contributed by atoms with Crippen LogP contribution in [-0.2, 0) is 22.6 Å². The molecule has 0 aromatic heterocycles. The molecule has 6 heteroatoms. The third-order valence-corrected chi connectivity index (χ3v) is 3.26. The van der Waals surface area contributed by atoms with Crippen molar-refractivity contribution in [3.05, 3.63) is 28.3 Å². The van der Waals surface area contributed by atoms with E-state index in [0.717, 1.165) is 23.3 Å². The Balaban J connectivity index is 2.08. The first-order valence-electron chi connectivity index (χ1n) is 5.93. The van der Waals surface area contributed by atoms with E-state index in [1.54, 1.807) is 6.07 Å². The number of rotatable bonds is 4. The van der Waals surface area contributed by atoms with Crippen LogP contribution >= 0.6 is 11.6 Å². The SMILES string of the molecule is CC(C(=O)O)C(=O)NCc1cc(Cl)cc2c1OCC2. The van der Waals surface area contributed by atoms with Crippen molar-refractivity contribution in [2.45, 2.75) is 19.9 Å². The van der Waals surface area contributed by atoms with Gasteiger partial charge in [-0.05, 0) is 24.6 Å². The van der Waals surface area contributed by atoms with Gasteiger partial charge in [0.2, 0.25) is 5.91 Å². The molecule has 1 aromatic carbocycles. The van der Waals surface area contributed by atoms with Crippen molar-refractivity contribution in [1.82, 2.24) is 5.32 Å². The Morgan fingerprint density at radius 1 is 1.53 bits per heavy atom. The van der Waals surface area contributed by atoms with Gasteiger partial charge in [0.05, 0.1) is 6.61 Å². The summed E-state index contributed by atoms with van der Waals surface area (Å²) >= 11 is 5.99.